The second kappa shape index (κ2) is 7.07. The summed E-state index contributed by atoms with van der Waals surface area (Å²) < 4.78 is 5.11. The number of hydrogen-bond acceptors (Lipinski definition) is 2. The molecule has 0 amide bonds. The molecule has 1 rings (SSSR count). The van der Waals surface area contributed by atoms with Crippen molar-refractivity contribution < 1.29 is 9.53 Å². The lowest BCUT2D eigenvalue weighted by Gasteiger charge is -2.21. The van der Waals surface area contributed by atoms with Crippen LogP contribution < -0.4 is 0 Å². The number of carbonyl (C=O) groups is 1. The maximum Gasteiger partial charge on any atom is 0.347 e. The van der Waals surface area contributed by atoms with Crippen molar-refractivity contribution in [1.29, 1.82) is 0 Å². The van der Waals surface area contributed by atoms with Crippen molar-refractivity contribution in [2.75, 3.05) is 5.33 Å². The van der Waals surface area contributed by atoms with Crippen molar-refractivity contribution in [3.63, 3.8) is 0 Å². The Hall–Kier alpha value is 0.650. The Balaban J connectivity index is 0.000000921. The van der Waals surface area contributed by atoms with Gasteiger partial charge in [0, 0.05) is 5.57 Å². The largest absolute Gasteiger partial charge is 0.438 e. The first-order valence-corrected chi connectivity index (χ1v) is 7.63. The highest BCUT2D eigenvalue weighted by atomic mass is 79.9. The third-order valence-corrected chi connectivity index (χ3v) is 5.09. The molecule has 15 heavy (non-hydrogen) atoms. The Bertz CT molecular complexity index is 263. The number of esters is 1. The molecule has 0 N–H and O–H groups in total. The molecule has 0 saturated heterocycles. The van der Waals surface area contributed by atoms with Crippen molar-refractivity contribution in [1.82, 2.24) is 0 Å². The van der Waals surface area contributed by atoms with Crippen molar-refractivity contribution in [2.24, 2.45) is 0 Å². The molecule has 0 aromatic heterocycles. The first kappa shape index (κ1) is 15.7. The van der Waals surface area contributed by atoms with Gasteiger partial charge in [-0.25, -0.2) is 4.79 Å². The molecule has 1 heterocycles. The highest BCUT2D eigenvalue weighted by molar-refractivity contribution is 9.13. The average Bonchev–Trinajstić information content (AvgIpc) is 2.46. The molecule has 0 aromatic carbocycles. The van der Waals surface area contributed by atoms with E-state index in [0.29, 0.717) is 9.81 Å². The summed E-state index contributed by atoms with van der Waals surface area (Å²) in [5.74, 6) is -0.292. The average molecular weight is 407 g/mol. The third kappa shape index (κ3) is 3.56. The van der Waals surface area contributed by atoms with E-state index in [4.69, 9.17) is 4.74 Å². The van der Waals surface area contributed by atoms with Crippen molar-refractivity contribution in [3.05, 3.63) is 10.1 Å². The maximum atomic E-state index is 11.3. The van der Waals surface area contributed by atoms with Crippen LogP contribution >= 0.6 is 47.8 Å². The van der Waals surface area contributed by atoms with Gasteiger partial charge in [0.2, 0.25) is 0 Å². The number of rotatable bonds is 3. The molecular weight excluding hydrogens is 392 g/mol. The molecule has 1 aliphatic heterocycles. The number of carbonyl (C=O) groups excluding carboxylic acids is 1. The Morgan fingerprint density at radius 2 is 1.93 bits per heavy atom. The van der Waals surface area contributed by atoms with Crippen molar-refractivity contribution >= 4 is 53.8 Å². The first-order valence-electron chi connectivity index (χ1n) is 4.92. The maximum absolute atomic E-state index is 11.3. The number of halogens is 3. The van der Waals surface area contributed by atoms with Crippen LogP contribution in [0.3, 0.4) is 0 Å². The van der Waals surface area contributed by atoms with Gasteiger partial charge in [-0.1, -0.05) is 43.1 Å². The van der Waals surface area contributed by atoms with Crippen LogP contribution in [0, 0.1) is 0 Å². The molecule has 0 spiro atoms. The molecule has 1 unspecified atom stereocenters. The molecule has 1 atom stereocenters. The van der Waals surface area contributed by atoms with Crippen LogP contribution in [-0.2, 0) is 9.53 Å². The van der Waals surface area contributed by atoms with E-state index >= 15 is 0 Å². The van der Waals surface area contributed by atoms with Crippen LogP contribution in [0.2, 0.25) is 0 Å². The van der Waals surface area contributed by atoms with Gasteiger partial charge in [0.15, 0.2) is 4.51 Å². The Labute approximate surface area is 116 Å². The van der Waals surface area contributed by atoms with E-state index in [0.717, 1.165) is 18.4 Å². The minimum atomic E-state index is -0.640. The van der Waals surface area contributed by atoms with Crippen molar-refractivity contribution in [3.8, 4) is 0 Å². The van der Waals surface area contributed by atoms with E-state index in [1.807, 2.05) is 13.8 Å². The van der Waals surface area contributed by atoms with Gasteiger partial charge < -0.3 is 4.74 Å². The molecule has 0 aliphatic carbocycles. The second-order valence-electron chi connectivity index (χ2n) is 2.79. The van der Waals surface area contributed by atoms with Gasteiger partial charge in [-0.3, -0.25) is 0 Å². The Kier molecular flexibility index (Phi) is 7.38. The predicted octanol–water partition coefficient (Wildman–Crippen LogP) is 4.50. The van der Waals surface area contributed by atoms with Crippen molar-refractivity contribution in [2.45, 2.75) is 38.1 Å². The predicted molar refractivity (Wildman–Crippen MR) is 73.8 cm³/mol. The van der Waals surface area contributed by atoms with Gasteiger partial charge in [-0.2, -0.15) is 0 Å². The molecule has 2 nitrogen and oxygen atoms in total. The zero-order chi connectivity index (χ0) is 12.1. The fourth-order valence-corrected chi connectivity index (χ4v) is 3.06. The number of hydrogen-bond donors (Lipinski definition) is 0. The van der Waals surface area contributed by atoms with Crippen LogP contribution in [-0.4, -0.2) is 15.8 Å². The third-order valence-electron chi connectivity index (χ3n) is 1.82. The first-order chi connectivity index (χ1) is 7.05. The smallest absolute Gasteiger partial charge is 0.347 e. The van der Waals surface area contributed by atoms with Crippen LogP contribution in [0.1, 0.15) is 33.6 Å². The summed E-state index contributed by atoms with van der Waals surface area (Å²) in [7, 11) is 0. The normalized spacial score (nSPS) is 24.8. The van der Waals surface area contributed by atoms with Gasteiger partial charge in [-0.15, -0.1) is 0 Å². The molecule has 0 radical (unpaired) electrons. The van der Waals surface area contributed by atoms with E-state index in [1.165, 1.54) is 0 Å². The molecular formula is C10H15Br3O2. The van der Waals surface area contributed by atoms with Gasteiger partial charge in [0.25, 0.3) is 0 Å². The number of cyclic esters (lactones) is 1. The van der Waals surface area contributed by atoms with Crippen LogP contribution in [0.25, 0.3) is 0 Å². The molecule has 0 fully saturated rings. The summed E-state index contributed by atoms with van der Waals surface area (Å²) >= 11 is 9.98. The fraction of sp³-hybridized carbons (Fsp3) is 0.700. The standard InChI is InChI=1S/C8H9Br3O2.C2H6/c1-2-3-5-6(10)7(12)13-8(5,11)4-9;1-2/h2-4H2,1H3;1-2H3. The minimum Gasteiger partial charge on any atom is -0.438 e. The monoisotopic (exact) mass is 404 g/mol. The lowest BCUT2D eigenvalue weighted by atomic mass is 10.1. The quantitative estimate of drug-likeness (QED) is 0.509. The van der Waals surface area contributed by atoms with Gasteiger partial charge >= 0.3 is 5.97 Å². The Morgan fingerprint density at radius 3 is 2.33 bits per heavy atom. The summed E-state index contributed by atoms with van der Waals surface area (Å²) in [6.45, 7) is 6.07. The molecule has 0 aromatic rings. The van der Waals surface area contributed by atoms with Crippen LogP contribution in [0.5, 0.6) is 0 Å². The number of ether oxygens (including phenoxy) is 1. The van der Waals surface area contributed by atoms with Crippen LogP contribution in [0.4, 0.5) is 0 Å². The summed E-state index contributed by atoms with van der Waals surface area (Å²) in [5, 5.41) is 0.566. The SMILES string of the molecule is CC.CCCC1=C(Br)C(=O)OC1(Br)CBr. The minimum absolute atomic E-state index is 0.292. The number of alkyl halides is 2. The van der Waals surface area contributed by atoms with E-state index in [-0.39, 0.29) is 5.97 Å². The van der Waals surface area contributed by atoms with Crippen LogP contribution in [0.15, 0.2) is 10.1 Å². The van der Waals surface area contributed by atoms with E-state index < -0.39 is 4.51 Å². The Morgan fingerprint density at radius 1 is 1.40 bits per heavy atom. The van der Waals surface area contributed by atoms with E-state index in [9.17, 15) is 4.79 Å². The van der Waals surface area contributed by atoms with E-state index in [2.05, 4.69) is 54.7 Å². The zero-order valence-corrected chi connectivity index (χ0v) is 13.8. The van der Waals surface area contributed by atoms with Gasteiger partial charge in [-0.05, 0) is 38.3 Å². The molecule has 88 valence electrons. The summed E-state index contributed by atoms with van der Waals surface area (Å²) in [6.07, 6.45) is 1.84. The zero-order valence-electron chi connectivity index (χ0n) is 9.07. The summed E-state index contributed by atoms with van der Waals surface area (Å²) in [6, 6.07) is 0. The molecule has 5 heteroatoms. The second-order valence-corrected chi connectivity index (χ2v) is 5.43. The van der Waals surface area contributed by atoms with Gasteiger partial charge in [0.1, 0.15) is 4.48 Å². The lowest BCUT2D eigenvalue weighted by molar-refractivity contribution is -0.139. The summed E-state index contributed by atoms with van der Waals surface area (Å²) in [5.41, 5.74) is 0.983. The summed E-state index contributed by atoms with van der Waals surface area (Å²) in [4.78, 5) is 11.3. The lowest BCUT2D eigenvalue weighted by Crippen LogP contribution is -2.26. The molecule has 0 bridgehead atoms. The topological polar surface area (TPSA) is 26.3 Å². The molecule has 1 aliphatic rings. The highest BCUT2D eigenvalue weighted by Gasteiger charge is 2.43. The molecule has 0 saturated carbocycles. The fourth-order valence-electron chi connectivity index (χ4n) is 1.19. The highest BCUT2D eigenvalue weighted by Crippen LogP contribution is 2.43. The van der Waals surface area contributed by atoms with Gasteiger partial charge in [0.05, 0.1) is 5.33 Å². The van der Waals surface area contributed by atoms with E-state index in [1.54, 1.807) is 0 Å².